The first kappa shape index (κ1) is 11.9. The van der Waals surface area contributed by atoms with Crippen LogP contribution in [0.1, 0.15) is 37.9 Å². The monoisotopic (exact) mass is 314 g/mol. The molecule has 2 fully saturated rings. The van der Waals surface area contributed by atoms with Crippen LogP contribution in [0, 0.1) is 0 Å². The summed E-state index contributed by atoms with van der Waals surface area (Å²) in [6, 6.07) is 2.02. The Labute approximate surface area is 114 Å². The van der Waals surface area contributed by atoms with Gasteiger partial charge in [-0.1, -0.05) is 0 Å². The second-order valence-corrected chi connectivity index (χ2v) is 6.75. The van der Waals surface area contributed by atoms with Crippen LogP contribution < -0.4 is 0 Å². The first-order valence-corrected chi connectivity index (χ1v) is 7.72. The molecular formula is C12H15BrN2OS. The number of rotatable bonds is 3. The van der Waals surface area contributed by atoms with Crippen molar-refractivity contribution < 1.29 is 4.74 Å². The number of nitrogens with zero attached hydrogens (tertiary/aromatic N) is 2. The van der Waals surface area contributed by atoms with E-state index in [1.807, 2.05) is 17.8 Å². The van der Waals surface area contributed by atoms with Gasteiger partial charge in [-0.15, -0.1) is 11.8 Å². The second kappa shape index (κ2) is 4.86. The first-order valence-electron chi connectivity index (χ1n) is 6.05. The van der Waals surface area contributed by atoms with Crippen LogP contribution in [0.25, 0.3) is 0 Å². The van der Waals surface area contributed by atoms with Gasteiger partial charge in [0.05, 0.1) is 6.10 Å². The van der Waals surface area contributed by atoms with Crippen LogP contribution in [0.15, 0.2) is 15.7 Å². The van der Waals surface area contributed by atoms with Crippen molar-refractivity contribution in [2.24, 2.45) is 0 Å². The third-order valence-electron chi connectivity index (χ3n) is 3.21. The maximum Gasteiger partial charge on any atom is 0.134 e. The van der Waals surface area contributed by atoms with Crippen molar-refractivity contribution in [2.45, 2.75) is 48.5 Å². The first-order chi connectivity index (χ1) is 8.22. The van der Waals surface area contributed by atoms with Gasteiger partial charge in [0.15, 0.2) is 0 Å². The van der Waals surface area contributed by atoms with Crippen LogP contribution in [-0.2, 0) is 4.74 Å². The SMILES string of the molecule is CC1OCCC1Sc1cc(Br)nc(C2CC2)n1. The number of halogens is 1. The lowest BCUT2D eigenvalue weighted by Gasteiger charge is -2.13. The number of thioether (sulfide) groups is 1. The van der Waals surface area contributed by atoms with E-state index in [1.165, 1.54) is 12.8 Å². The molecule has 1 aromatic heterocycles. The van der Waals surface area contributed by atoms with Crippen LogP contribution in [-0.4, -0.2) is 27.9 Å². The molecule has 1 aliphatic heterocycles. The predicted octanol–water partition coefficient (Wildman–Crippen LogP) is 3.39. The zero-order valence-corrected chi connectivity index (χ0v) is 12.1. The summed E-state index contributed by atoms with van der Waals surface area (Å²) in [5.41, 5.74) is 0. The standard InChI is InChI=1S/C12H15BrN2OS/c1-7-9(4-5-16-7)17-11-6-10(13)14-12(15-11)8-2-3-8/h6-9H,2-5H2,1H3. The third kappa shape index (κ3) is 2.83. The van der Waals surface area contributed by atoms with Crippen molar-refractivity contribution in [3.05, 3.63) is 16.5 Å². The van der Waals surface area contributed by atoms with Crippen molar-refractivity contribution in [3.8, 4) is 0 Å². The fraction of sp³-hybridized carbons (Fsp3) is 0.667. The highest BCUT2D eigenvalue weighted by molar-refractivity contribution is 9.10. The summed E-state index contributed by atoms with van der Waals surface area (Å²) < 4.78 is 6.49. The van der Waals surface area contributed by atoms with E-state index in [2.05, 4.69) is 32.8 Å². The number of aromatic nitrogens is 2. The molecule has 0 spiro atoms. The second-order valence-electron chi connectivity index (χ2n) is 4.68. The Morgan fingerprint density at radius 1 is 1.35 bits per heavy atom. The van der Waals surface area contributed by atoms with E-state index in [4.69, 9.17) is 4.74 Å². The molecule has 0 bridgehead atoms. The highest BCUT2D eigenvalue weighted by Gasteiger charge is 2.29. The quantitative estimate of drug-likeness (QED) is 0.801. The van der Waals surface area contributed by atoms with E-state index in [0.29, 0.717) is 17.3 Å². The van der Waals surface area contributed by atoms with Gasteiger partial charge in [0.25, 0.3) is 0 Å². The highest BCUT2D eigenvalue weighted by atomic mass is 79.9. The molecule has 2 unspecified atom stereocenters. The molecule has 0 amide bonds. The maximum atomic E-state index is 5.58. The Hall–Kier alpha value is -0.130. The van der Waals surface area contributed by atoms with E-state index in [1.54, 1.807) is 0 Å². The molecule has 3 rings (SSSR count). The van der Waals surface area contributed by atoms with Crippen molar-refractivity contribution in [3.63, 3.8) is 0 Å². The summed E-state index contributed by atoms with van der Waals surface area (Å²) in [5.74, 6) is 1.61. The lowest BCUT2D eigenvalue weighted by molar-refractivity contribution is 0.127. The Bertz CT molecular complexity index is 425. The molecule has 2 atom stereocenters. The van der Waals surface area contributed by atoms with E-state index < -0.39 is 0 Å². The van der Waals surface area contributed by atoms with E-state index >= 15 is 0 Å². The van der Waals surface area contributed by atoms with Crippen molar-refractivity contribution in [1.29, 1.82) is 0 Å². The molecule has 1 saturated heterocycles. The van der Waals surface area contributed by atoms with Gasteiger partial charge >= 0.3 is 0 Å². The summed E-state index contributed by atoms with van der Waals surface area (Å²) in [4.78, 5) is 9.11. The molecule has 2 aliphatic rings. The van der Waals surface area contributed by atoms with Crippen LogP contribution >= 0.6 is 27.7 Å². The van der Waals surface area contributed by atoms with Crippen LogP contribution in [0.3, 0.4) is 0 Å². The van der Waals surface area contributed by atoms with Crippen molar-refractivity contribution >= 4 is 27.7 Å². The number of hydrogen-bond donors (Lipinski definition) is 0. The Morgan fingerprint density at radius 3 is 2.82 bits per heavy atom. The molecule has 0 radical (unpaired) electrons. The molecule has 1 saturated carbocycles. The van der Waals surface area contributed by atoms with Gasteiger partial charge in [-0.05, 0) is 42.1 Å². The summed E-state index contributed by atoms with van der Waals surface area (Å²) in [6.07, 6.45) is 3.93. The molecule has 1 aromatic rings. The third-order valence-corrected chi connectivity index (χ3v) is 4.99. The Morgan fingerprint density at radius 2 is 2.18 bits per heavy atom. The van der Waals surface area contributed by atoms with E-state index in [0.717, 1.165) is 28.5 Å². The van der Waals surface area contributed by atoms with Gasteiger partial charge in [-0.2, -0.15) is 0 Å². The highest BCUT2D eigenvalue weighted by Crippen LogP contribution is 2.40. The van der Waals surface area contributed by atoms with Crippen LogP contribution in [0.4, 0.5) is 0 Å². The Kier molecular flexibility index (Phi) is 3.41. The summed E-state index contributed by atoms with van der Waals surface area (Å²) >= 11 is 5.30. The summed E-state index contributed by atoms with van der Waals surface area (Å²) in [5, 5.41) is 1.61. The van der Waals surface area contributed by atoms with Gasteiger partial charge < -0.3 is 4.74 Å². The molecule has 0 aromatic carbocycles. The summed E-state index contributed by atoms with van der Waals surface area (Å²) in [7, 11) is 0. The molecular weight excluding hydrogens is 300 g/mol. The molecule has 2 heterocycles. The van der Waals surface area contributed by atoms with E-state index in [9.17, 15) is 0 Å². The minimum atomic E-state index is 0.332. The topological polar surface area (TPSA) is 35.0 Å². The zero-order valence-electron chi connectivity index (χ0n) is 9.73. The minimum absolute atomic E-state index is 0.332. The molecule has 3 nitrogen and oxygen atoms in total. The molecule has 0 N–H and O–H groups in total. The average Bonchev–Trinajstić information content (AvgIpc) is 3.05. The van der Waals surface area contributed by atoms with Gasteiger partial charge in [-0.3, -0.25) is 0 Å². The number of ether oxygens (including phenoxy) is 1. The number of hydrogen-bond acceptors (Lipinski definition) is 4. The molecule has 1 aliphatic carbocycles. The average molecular weight is 315 g/mol. The van der Waals surface area contributed by atoms with Crippen LogP contribution in [0.5, 0.6) is 0 Å². The largest absolute Gasteiger partial charge is 0.377 e. The van der Waals surface area contributed by atoms with Crippen molar-refractivity contribution in [2.75, 3.05) is 6.61 Å². The molecule has 5 heteroatoms. The van der Waals surface area contributed by atoms with Gasteiger partial charge in [0.1, 0.15) is 15.5 Å². The van der Waals surface area contributed by atoms with Gasteiger partial charge in [0.2, 0.25) is 0 Å². The normalized spacial score (nSPS) is 28.6. The fourth-order valence-electron chi connectivity index (χ4n) is 2.02. The van der Waals surface area contributed by atoms with Gasteiger partial charge in [0, 0.05) is 23.8 Å². The molecule has 92 valence electrons. The lowest BCUT2D eigenvalue weighted by Crippen LogP contribution is -2.13. The van der Waals surface area contributed by atoms with Crippen LogP contribution in [0.2, 0.25) is 0 Å². The van der Waals surface area contributed by atoms with Gasteiger partial charge in [-0.25, -0.2) is 9.97 Å². The summed E-state index contributed by atoms with van der Waals surface area (Å²) in [6.45, 7) is 3.02. The lowest BCUT2D eigenvalue weighted by atomic mass is 10.3. The predicted molar refractivity (Wildman–Crippen MR) is 71.4 cm³/mol. The molecule has 17 heavy (non-hydrogen) atoms. The fourth-order valence-corrected chi connectivity index (χ4v) is 3.69. The van der Waals surface area contributed by atoms with Crippen molar-refractivity contribution in [1.82, 2.24) is 9.97 Å². The smallest absolute Gasteiger partial charge is 0.134 e. The Balaban J connectivity index is 1.77. The minimum Gasteiger partial charge on any atom is -0.377 e. The maximum absolute atomic E-state index is 5.58. The van der Waals surface area contributed by atoms with E-state index in [-0.39, 0.29) is 0 Å². The zero-order chi connectivity index (χ0) is 11.8.